The maximum Gasteiger partial charge on any atom is 0.122 e. The number of rotatable bonds is 5. The molecule has 0 aliphatic carbocycles. The van der Waals surface area contributed by atoms with Crippen molar-refractivity contribution in [3.63, 3.8) is 0 Å². The minimum Gasteiger partial charge on any atom is -0.508 e. The molecule has 4 nitrogen and oxygen atoms in total. The van der Waals surface area contributed by atoms with E-state index in [0.717, 1.165) is 37.2 Å². The Labute approximate surface area is 149 Å². The summed E-state index contributed by atoms with van der Waals surface area (Å²) < 4.78 is 5.79. The maximum absolute atomic E-state index is 10.4. The number of nitrogens with zero attached hydrogens (tertiary/aromatic N) is 1. The van der Waals surface area contributed by atoms with Gasteiger partial charge in [0.1, 0.15) is 24.2 Å². The number of aliphatic hydroxyl groups is 1. The van der Waals surface area contributed by atoms with Gasteiger partial charge in [0.25, 0.3) is 0 Å². The molecule has 0 radical (unpaired) electrons. The van der Waals surface area contributed by atoms with Crippen LogP contribution in [-0.2, 0) is 12.8 Å². The van der Waals surface area contributed by atoms with E-state index in [1.165, 1.54) is 16.7 Å². The standard InChI is InChI=1S/C21H27NO3/c1-15-3-6-21(16(2)11-15)25-14-20(24)13-22-9-7-17-4-5-19(23)12-18(17)8-10-22/h3-6,11-12,20,23-24H,7-10,13-14H2,1-2H3. The zero-order valence-electron chi connectivity index (χ0n) is 15.0. The smallest absolute Gasteiger partial charge is 0.122 e. The van der Waals surface area contributed by atoms with Gasteiger partial charge in [-0.15, -0.1) is 0 Å². The van der Waals surface area contributed by atoms with Crippen LogP contribution in [0.3, 0.4) is 0 Å². The molecule has 2 aromatic rings. The van der Waals surface area contributed by atoms with E-state index in [2.05, 4.69) is 17.9 Å². The van der Waals surface area contributed by atoms with Gasteiger partial charge in [-0.25, -0.2) is 0 Å². The van der Waals surface area contributed by atoms with Crippen molar-refractivity contribution in [2.45, 2.75) is 32.8 Å². The van der Waals surface area contributed by atoms with Gasteiger partial charge < -0.3 is 14.9 Å². The summed E-state index contributed by atoms with van der Waals surface area (Å²) in [6, 6.07) is 11.7. The summed E-state index contributed by atoms with van der Waals surface area (Å²) in [6.07, 6.45) is 1.32. The van der Waals surface area contributed by atoms with Crippen molar-refractivity contribution >= 4 is 0 Å². The Morgan fingerprint density at radius 1 is 1.04 bits per heavy atom. The first-order valence-electron chi connectivity index (χ1n) is 8.92. The molecule has 1 aliphatic rings. The summed E-state index contributed by atoms with van der Waals surface area (Å²) >= 11 is 0. The highest BCUT2D eigenvalue weighted by Gasteiger charge is 2.17. The van der Waals surface area contributed by atoms with Gasteiger partial charge in [0, 0.05) is 19.6 Å². The van der Waals surface area contributed by atoms with E-state index in [1.54, 1.807) is 6.07 Å². The van der Waals surface area contributed by atoms with Gasteiger partial charge in [-0.05, 0) is 61.6 Å². The van der Waals surface area contributed by atoms with Crippen molar-refractivity contribution in [1.29, 1.82) is 0 Å². The lowest BCUT2D eigenvalue weighted by atomic mass is 10.0. The van der Waals surface area contributed by atoms with Crippen LogP contribution in [0.1, 0.15) is 22.3 Å². The second-order valence-corrected chi connectivity index (χ2v) is 6.99. The molecule has 1 unspecified atom stereocenters. The Morgan fingerprint density at radius 3 is 2.56 bits per heavy atom. The number of aromatic hydroxyl groups is 1. The van der Waals surface area contributed by atoms with Gasteiger partial charge in [-0.3, -0.25) is 4.90 Å². The van der Waals surface area contributed by atoms with Crippen LogP contribution in [0.2, 0.25) is 0 Å². The van der Waals surface area contributed by atoms with Crippen LogP contribution < -0.4 is 4.74 Å². The van der Waals surface area contributed by atoms with Crippen molar-refractivity contribution in [2.24, 2.45) is 0 Å². The number of fused-ring (bicyclic) bond motifs is 1. The molecule has 0 bridgehead atoms. The maximum atomic E-state index is 10.4. The van der Waals surface area contributed by atoms with Crippen molar-refractivity contribution in [3.05, 3.63) is 58.7 Å². The molecule has 0 saturated carbocycles. The number of phenols is 1. The average Bonchev–Trinajstić information content (AvgIpc) is 2.76. The first kappa shape index (κ1) is 17.8. The Morgan fingerprint density at radius 2 is 1.80 bits per heavy atom. The summed E-state index contributed by atoms with van der Waals surface area (Å²) in [5, 5.41) is 20.0. The van der Waals surface area contributed by atoms with Crippen molar-refractivity contribution < 1.29 is 14.9 Å². The zero-order valence-corrected chi connectivity index (χ0v) is 15.0. The molecule has 1 atom stereocenters. The lowest BCUT2D eigenvalue weighted by Gasteiger charge is -2.23. The molecule has 3 rings (SSSR count). The second-order valence-electron chi connectivity index (χ2n) is 6.99. The number of β-amino-alcohol motifs (C(OH)–C–C–N with tert-alkyl or cyclic N) is 1. The highest BCUT2D eigenvalue weighted by molar-refractivity contribution is 5.36. The number of aryl methyl sites for hydroxylation is 2. The molecule has 1 aliphatic heterocycles. The molecular weight excluding hydrogens is 314 g/mol. The van der Waals surface area contributed by atoms with Gasteiger partial charge in [-0.2, -0.15) is 0 Å². The molecular formula is C21H27NO3. The average molecular weight is 341 g/mol. The molecule has 2 aromatic carbocycles. The molecule has 0 amide bonds. The molecule has 1 heterocycles. The SMILES string of the molecule is Cc1ccc(OCC(O)CN2CCc3ccc(O)cc3CC2)c(C)c1. The van der Waals surface area contributed by atoms with Crippen LogP contribution in [0.5, 0.6) is 11.5 Å². The molecule has 2 N–H and O–H groups in total. The highest BCUT2D eigenvalue weighted by Crippen LogP contribution is 2.21. The van der Waals surface area contributed by atoms with E-state index in [1.807, 2.05) is 31.2 Å². The Balaban J connectivity index is 1.51. The van der Waals surface area contributed by atoms with E-state index in [4.69, 9.17) is 4.74 Å². The van der Waals surface area contributed by atoms with E-state index in [0.29, 0.717) is 18.9 Å². The van der Waals surface area contributed by atoms with Crippen molar-refractivity contribution in [2.75, 3.05) is 26.2 Å². The third kappa shape index (κ3) is 4.74. The number of benzene rings is 2. The Hall–Kier alpha value is -2.04. The number of aliphatic hydroxyl groups excluding tert-OH is 1. The molecule has 0 fully saturated rings. The summed E-state index contributed by atoms with van der Waals surface area (Å²) in [5.41, 5.74) is 4.81. The Kier molecular flexibility index (Phi) is 5.61. The fourth-order valence-electron chi connectivity index (χ4n) is 3.44. The van der Waals surface area contributed by atoms with Crippen molar-refractivity contribution in [1.82, 2.24) is 4.90 Å². The predicted molar refractivity (Wildman–Crippen MR) is 99.4 cm³/mol. The van der Waals surface area contributed by atoms with E-state index >= 15 is 0 Å². The summed E-state index contributed by atoms with van der Waals surface area (Å²) in [7, 11) is 0. The number of hydrogen-bond acceptors (Lipinski definition) is 4. The summed E-state index contributed by atoms with van der Waals surface area (Å²) in [4.78, 5) is 2.27. The minimum absolute atomic E-state index is 0.300. The predicted octanol–water partition coefficient (Wildman–Crippen LogP) is 2.85. The van der Waals surface area contributed by atoms with E-state index < -0.39 is 6.10 Å². The number of phenolic OH excluding ortho intramolecular Hbond substituents is 1. The quantitative estimate of drug-likeness (QED) is 0.878. The van der Waals surface area contributed by atoms with Gasteiger partial charge in [0.15, 0.2) is 0 Å². The first-order valence-corrected chi connectivity index (χ1v) is 8.92. The topological polar surface area (TPSA) is 52.9 Å². The normalized spacial score (nSPS) is 16.1. The van der Waals surface area contributed by atoms with E-state index in [9.17, 15) is 10.2 Å². The zero-order chi connectivity index (χ0) is 17.8. The second kappa shape index (κ2) is 7.89. The number of ether oxygens (including phenoxy) is 1. The Bertz CT molecular complexity index is 729. The van der Waals surface area contributed by atoms with Gasteiger partial charge >= 0.3 is 0 Å². The number of hydrogen-bond donors (Lipinski definition) is 2. The monoisotopic (exact) mass is 341 g/mol. The van der Waals surface area contributed by atoms with Gasteiger partial charge in [-0.1, -0.05) is 23.8 Å². The third-order valence-corrected chi connectivity index (χ3v) is 4.82. The van der Waals surface area contributed by atoms with Crippen LogP contribution in [-0.4, -0.2) is 47.5 Å². The molecule has 4 heteroatoms. The molecule has 25 heavy (non-hydrogen) atoms. The third-order valence-electron chi connectivity index (χ3n) is 4.82. The van der Waals surface area contributed by atoms with Crippen LogP contribution in [0, 0.1) is 13.8 Å². The van der Waals surface area contributed by atoms with E-state index in [-0.39, 0.29) is 0 Å². The van der Waals surface area contributed by atoms with Gasteiger partial charge in [0.2, 0.25) is 0 Å². The fraction of sp³-hybridized carbons (Fsp3) is 0.429. The van der Waals surface area contributed by atoms with Gasteiger partial charge in [0.05, 0.1) is 0 Å². The largest absolute Gasteiger partial charge is 0.508 e. The fourth-order valence-corrected chi connectivity index (χ4v) is 3.44. The lowest BCUT2D eigenvalue weighted by Crippen LogP contribution is -2.37. The summed E-state index contributed by atoms with van der Waals surface area (Å²) in [5.74, 6) is 1.16. The van der Waals surface area contributed by atoms with Crippen LogP contribution in [0.4, 0.5) is 0 Å². The van der Waals surface area contributed by atoms with Crippen LogP contribution >= 0.6 is 0 Å². The summed E-state index contributed by atoms with van der Waals surface area (Å²) in [6.45, 7) is 6.79. The first-order chi connectivity index (χ1) is 12.0. The van der Waals surface area contributed by atoms with Crippen LogP contribution in [0.25, 0.3) is 0 Å². The van der Waals surface area contributed by atoms with Crippen molar-refractivity contribution in [3.8, 4) is 11.5 Å². The minimum atomic E-state index is -0.518. The van der Waals surface area contributed by atoms with Crippen LogP contribution in [0.15, 0.2) is 36.4 Å². The molecule has 0 spiro atoms. The molecule has 0 saturated heterocycles. The molecule has 134 valence electrons. The highest BCUT2D eigenvalue weighted by atomic mass is 16.5. The lowest BCUT2D eigenvalue weighted by molar-refractivity contribution is 0.0694. The molecule has 0 aromatic heterocycles.